The molecule has 0 saturated carbocycles. The van der Waals surface area contributed by atoms with Crippen molar-refractivity contribution in [1.29, 1.82) is 0 Å². The number of fused-ring (bicyclic) bond motifs is 1. The third-order valence-corrected chi connectivity index (χ3v) is 3.17. The highest BCUT2D eigenvalue weighted by atomic mass is 19.4. The topological polar surface area (TPSA) is 38.1 Å². The van der Waals surface area contributed by atoms with Gasteiger partial charge in [0, 0.05) is 25.5 Å². The molecule has 0 radical (unpaired) electrons. The molecule has 1 aromatic carbocycles. The maximum atomic E-state index is 12.9. The van der Waals surface area contributed by atoms with Crippen molar-refractivity contribution in [3.05, 3.63) is 34.2 Å². The molecular formula is C14H16F3N3O. The van der Waals surface area contributed by atoms with Crippen LogP contribution in [0.25, 0.3) is 10.9 Å². The molecule has 0 bridgehead atoms. The van der Waals surface area contributed by atoms with E-state index in [9.17, 15) is 18.0 Å². The molecule has 7 heteroatoms. The van der Waals surface area contributed by atoms with Crippen LogP contribution in [-0.2, 0) is 6.18 Å². The predicted octanol–water partition coefficient (Wildman–Crippen LogP) is 3.06. The predicted molar refractivity (Wildman–Crippen MR) is 75.7 cm³/mol. The number of hydrogen-bond donors (Lipinski definition) is 0. The van der Waals surface area contributed by atoms with E-state index in [0.29, 0.717) is 11.2 Å². The van der Waals surface area contributed by atoms with E-state index in [-0.39, 0.29) is 11.6 Å². The molecule has 0 N–H and O–H groups in total. The Bertz CT molecular complexity index is 733. The quantitative estimate of drug-likeness (QED) is 0.855. The van der Waals surface area contributed by atoms with E-state index < -0.39 is 17.4 Å². The van der Waals surface area contributed by atoms with Crippen molar-refractivity contribution in [3.63, 3.8) is 0 Å². The van der Waals surface area contributed by atoms with E-state index in [1.54, 1.807) is 32.8 Å². The molecule has 21 heavy (non-hydrogen) atoms. The summed E-state index contributed by atoms with van der Waals surface area (Å²) in [6.07, 6.45) is -4.45. The normalized spacial score (nSPS) is 12.2. The van der Waals surface area contributed by atoms with Gasteiger partial charge in [0.2, 0.25) is 0 Å². The number of halogens is 3. The molecule has 0 atom stereocenters. The first kappa shape index (κ1) is 15.3. The third-order valence-electron chi connectivity index (χ3n) is 3.17. The van der Waals surface area contributed by atoms with Crippen molar-refractivity contribution in [2.45, 2.75) is 26.1 Å². The second-order valence-corrected chi connectivity index (χ2v) is 5.31. The van der Waals surface area contributed by atoms with Gasteiger partial charge < -0.3 is 4.90 Å². The second-order valence-electron chi connectivity index (χ2n) is 5.31. The molecular weight excluding hydrogens is 283 g/mol. The van der Waals surface area contributed by atoms with Gasteiger partial charge in [0.1, 0.15) is 5.82 Å². The van der Waals surface area contributed by atoms with Gasteiger partial charge in [-0.15, -0.1) is 0 Å². The molecule has 0 aliphatic heterocycles. The van der Waals surface area contributed by atoms with E-state index in [0.717, 1.165) is 12.1 Å². The van der Waals surface area contributed by atoms with Gasteiger partial charge >= 0.3 is 11.9 Å². The minimum Gasteiger partial charge on any atom is -0.362 e. The summed E-state index contributed by atoms with van der Waals surface area (Å²) in [5.74, 6) is 0.362. The van der Waals surface area contributed by atoms with Crippen LogP contribution in [-0.4, -0.2) is 23.6 Å². The van der Waals surface area contributed by atoms with Crippen molar-refractivity contribution >= 4 is 16.7 Å². The fourth-order valence-corrected chi connectivity index (χ4v) is 2.24. The highest BCUT2D eigenvalue weighted by Gasteiger charge is 2.31. The number of aromatic nitrogens is 2. The Morgan fingerprint density at radius 1 is 1.24 bits per heavy atom. The van der Waals surface area contributed by atoms with Gasteiger partial charge in [-0.2, -0.15) is 18.2 Å². The van der Waals surface area contributed by atoms with E-state index in [4.69, 9.17) is 0 Å². The zero-order valence-corrected chi connectivity index (χ0v) is 12.2. The summed E-state index contributed by atoms with van der Waals surface area (Å²) < 4.78 is 40.0. The van der Waals surface area contributed by atoms with Crippen molar-refractivity contribution in [2.24, 2.45) is 0 Å². The van der Waals surface area contributed by atoms with E-state index in [2.05, 4.69) is 4.98 Å². The largest absolute Gasteiger partial charge is 0.416 e. The molecule has 0 aliphatic rings. The van der Waals surface area contributed by atoms with Gasteiger partial charge in [-0.05, 0) is 32.0 Å². The summed E-state index contributed by atoms with van der Waals surface area (Å²) in [6, 6.07) is 3.09. The number of nitrogens with zero attached hydrogens (tertiary/aromatic N) is 3. The SMILES string of the molecule is CC(C)n1c(=O)nc(N(C)C)c2ccc(C(F)(F)F)cc21. The van der Waals surface area contributed by atoms with Gasteiger partial charge in [-0.25, -0.2) is 4.79 Å². The summed E-state index contributed by atoms with van der Waals surface area (Å²) in [5, 5.41) is 0.515. The van der Waals surface area contributed by atoms with Crippen molar-refractivity contribution in [1.82, 2.24) is 9.55 Å². The molecule has 0 unspecified atom stereocenters. The number of alkyl halides is 3. The Labute approximate surface area is 119 Å². The molecule has 0 fully saturated rings. The molecule has 1 aromatic heterocycles. The van der Waals surface area contributed by atoms with Gasteiger partial charge in [0.05, 0.1) is 11.1 Å². The Morgan fingerprint density at radius 3 is 2.33 bits per heavy atom. The van der Waals surface area contributed by atoms with Crippen molar-refractivity contribution in [2.75, 3.05) is 19.0 Å². The van der Waals surface area contributed by atoms with Crippen LogP contribution in [0.3, 0.4) is 0 Å². The van der Waals surface area contributed by atoms with Crippen LogP contribution in [0.4, 0.5) is 19.0 Å². The molecule has 0 aliphatic carbocycles. The maximum absolute atomic E-state index is 12.9. The standard InChI is InChI=1S/C14H16F3N3O/c1-8(2)20-11-7-9(14(15,16)17)5-6-10(11)12(19(3)4)18-13(20)21/h5-8H,1-4H3. The Morgan fingerprint density at radius 2 is 1.86 bits per heavy atom. The van der Waals surface area contributed by atoms with Crippen LogP contribution in [0, 0.1) is 0 Å². The molecule has 2 rings (SSSR count). The maximum Gasteiger partial charge on any atom is 0.416 e. The van der Waals surface area contributed by atoms with Gasteiger partial charge in [0.25, 0.3) is 0 Å². The Kier molecular flexibility index (Phi) is 3.69. The Hall–Kier alpha value is -2.05. The summed E-state index contributed by atoms with van der Waals surface area (Å²) in [6.45, 7) is 3.47. The monoisotopic (exact) mass is 299 g/mol. The lowest BCUT2D eigenvalue weighted by Crippen LogP contribution is -2.28. The van der Waals surface area contributed by atoms with Crippen LogP contribution in [0.15, 0.2) is 23.0 Å². The summed E-state index contributed by atoms with van der Waals surface area (Å²) in [4.78, 5) is 17.7. The Balaban J connectivity index is 2.92. The minimum atomic E-state index is -4.45. The molecule has 2 aromatic rings. The number of benzene rings is 1. The fourth-order valence-electron chi connectivity index (χ4n) is 2.24. The molecule has 0 spiro atoms. The fraction of sp³-hybridized carbons (Fsp3) is 0.429. The van der Waals surface area contributed by atoms with Crippen LogP contribution in [0.2, 0.25) is 0 Å². The van der Waals surface area contributed by atoms with Crippen molar-refractivity contribution in [3.8, 4) is 0 Å². The average molecular weight is 299 g/mol. The zero-order valence-electron chi connectivity index (χ0n) is 12.2. The minimum absolute atomic E-state index is 0.239. The molecule has 1 heterocycles. The van der Waals surface area contributed by atoms with Crippen LogP contribution >= 0.6 is 0 Å². The highest BCUT2D eigenvalue weighted by Crippen LogP contribution is 2.33. The van der Waals surface area contributed by atoms with E-state index in [1.807, 2.05) is 0 Å². The first-order valence-corrected chi connectivity index (χ1v) is 6.43. The molecule has 114 valence electrons. The van der Waals surface area contributed by atoms with Gasteiger partial charge in [0.15, 0.2) is 0 Å². The van der Waals surface area contributed by atoms with Crippen molar-refractivity contribution < 1.29 is 13.2 Å². The second kappa shape index (κ2) is 5.05. The summed E-state index contributed by atoms with van der Waals surface area (Å²) in [7, 11) is 3.39. The van der Waals surface area contributed by atoms with Crippen LogP contribution < -0.4 is 10.6 Å². The summed E-state index contributed by atoms with van der Waals surface area (Å²) >= 11 is 0. The van der Waals surface area contributed by atoms with Gasteiger partial charge in [-0.3, -0.25) is 4.57 Å². The summed E-state index contributed by atoms with van der Waals surface area (Å²) in [5.41, 5.74) is -1.09. The van der Waals surface area contributed by atoms with Crippen LogP contribution in [0.5, 0.6) is 0 Å². The first-order valence-electron chi connectivity index (χ1n) is 6.43. The first-order chi connectivity index (χ1) is 9.62. The lowest BCUT2D eigenvalue weighted by Gasteiger charge is -2.20. The van der Waals surface area contributed by atoms with Crippen LogP contribution in [0.1, 0.15) is 25.5 Å². The number of hydrogen-bond acceptors (Lipinski definition) is 3. The molecule has 0 amide bonds. The smallest absolute Gasteiger partial charge is 0.362 e. The number of rotatable bonds is 2. The van der Waals surface area contributed by atoms with E-state index in [1.165, 1.54) is 10.6 Å². The lowest BCUT2D eigenvalue weighted by molar-refractivity contribution is -0.137. The van der Waals surface area contributed by atoms with Gasteiger partial charge in [-0.1, -0.05) is 0 Å². The average Bonchev–Trinajstić information content (AvgIpc) is 2.35. The lowest BCUT2D eigenvalue weighted by atomic mass is 10.1. The highest BCUT2D eigenvalue weighted by molar-refractivity contribution is 5.90. The third kappa shape index (κ3) is 2.72. The molecule has 0 saturated heterocycles. The van der Waals surface area contributed by atoms with E-state index >= 15 is 0 Å². The molecule has 4 nitrogen and oxygen atoms in total. The number of anilines is 1. The zero-order chi connectivity index (χ0) is 15.9.